The third-order valence-electron chi connectivity index (χ3n) is 1.88. The van der Waals surface area contributed by atoms with E-state index in [1.165, 1.54) is 0 Å². The molecule has 0 saturated carbocycles. The van der Waals surface area contributed by atoms with Crippen LogP contribution in [0.2, 0.25) is 0 Å². The van der Waals surface area contributed by atoms with E-state index in [2.05, 4.69) is 23.8 Å². The Morgan fingerprint density at radius 3 is 2.58 bits per heavy atom. The monoisotopic (exact) mass is 165 g/mol. The molecule has 0 aliphatic carbocycles. The SMILES string of the molecule is CCc1ncnc(C(C)C)c1N. The number of hydrogen-bond donors (Lipinski definition) is 1. The van der Waals surface area contributed by atoms with Crippen molar-refractivity contribution in [2.45, 2.75) is 33.1 Å². The average Bonchev–Trinajstić information content (AvgIpc) is 2.04. The molecular formula is C9H15N3. The van der Waals surface area contributed by atoms with Crippen molar-refractivity contribution in [3.8, 4) is 0 Å². The molecule has 1 aromatic heterocycles. The first kappa shape index (κ1) is 8.97. The third-order valence-corrected chi connectivity index (χ3v) is 1.88. The van der Waals surface area contributed by atoms with E-state index in [0.717, 1.165) is 23.5 Å². The van der Waals surface area contributed by atoms with Crippen molar-refractivity contribution in [2.75, 3.05) is 5.73 Å². The molecule has 2 N–H and O–H groups in total. The fourth-order valence-corrected chi connectivity index (χ4v) is 1.19. The normalized spacial score (nSPS) is 10.7. The zero-order valence-electron chi connectivity index (χ0n) is 7.83. The minimum Gasteiger partial charge on any atom is -0.396 e. The molecule has 1 rings (SSSR count). The zero-order chi connectivity index (χ0) is 9.14. The highest BCUT2D eigenvalue weighted by Crippen LogP contribution is 2.20. The van der Waals surface area contributed by atoms with E-state index in [-0.39, 0.29) is 0 Å². The third kappa shape index (κ3) is 1.55. The lowest BCUT2D eigenvalue weighted by molar-refractivity contribution is 0.808. The van der Waals surface area contributed by atoms with Crippen molar-refractivity contribution in [2.24, 2.45) is 0 Å². The lowest BCUT2D eigenvalue weighted by atomic mass is 10.1. The van der Waals surface area contributed by atoms with Gasteiger partial charge in [-0.1, -0.05) is 20.8 Å². The Morgan fingerprint density at radius 2 is 2.08 bits per heavy atom. The fourth-order valence-electron chi connectivity index (χ4n) is 1.19. The molecule has 0 unspecified atom stereocenters. The summed E-state index contributed by atoms with van der Waals surface area (Å²) in [7, 11) is 0. The van der Waals surface area contributed by atoms with Crippen LogP contribution in [0.3, 0.4) is 0 Å². The van der Waals surface area contributed by atoms with Gasteiger partial charge in [0.1, 0.15) is 6.33 Å². The van der Waals surface area contributed by atoms with Crippen LogP contribution in [0, 0.1) is 0 Å². The molecule has 0 bridgehead atoms. The minimum absolute atomic E-state index is 0.373. The van der Waals surface area contributed by atoms with Gasteiger partial charge in [-0.05, 0) is 12.3 Å². The Morgan fingerprint density at radius 1 is 1.42 bits per heavy atom. The number of rotatable bonds is 2. The maximum atomic E-state index is 5.87. The van der Waals surface area contributed by atoms with Crippen molar-refractivity contribution < 1.29 is 0 Å². The van der Waals surface area contributed by atoms with E-state index in [9.17, 15) is 0 Å². The molecular weight excluding hydrogens is 150 g/mol. The molecule has 0 aliphatic rings. The molecule has 0 fully saturated rings. The molecule has 0 saturated heterocycles. The Bertz CT molecular complexity index is 268. The Kier molecular flexibility index (Phi) is 2.63. The molecule has 0 aromatic carbocycles. The van der Waals surface area contributed by atoms with Gasteiger partial charge >= 0.3 is 0 Å². The topological polar surface area (TPSA) is 51.8 Å². The summed E-state index contributed by atoms with van der Waals surface area (Å²) >= 11 is 0. The number of nitrogens with zero attached hydrogens (tertiary/aromatic N) is 2. The smallest absolute Gasteiger partial charge is 0.116 e. The van der Waals surface area contributed by atoms with Gasteiger partial charge in [0.05, 0.1) is 17.1 Å². The first-order valence-electron chi connectivity index (χ1n) is 4.26. The number of nitrogens with two attached hydrogens (primary N) is 1. The highest BCUT2D eigenvalue weighted by atomic mass is 14.9. The van der Waals surface area contributed by atoms with Crippen LogP contribution in [0.5, 0.6) is 0 Å². The van der Waals surface area contributed by atoms with Crippen LogP contribution in [0.4, 0.5) is 5.69 Å². The molecule has 1 aromatic rings. The molecule has 0 amide bonds. The molecule has 12 heavy (non-hydrogen) atoms. The Labute approximate surface area is 73.0 Å². The average molecular weight is 165 g/mol. The predicted molar refractivity (Wildman–Crippen MR) is 49.9 cm³/mol. The Balaban J connectivity index is 3.14. The maximum absolute atomic E-state index is 5.87. The van der Waals surface area contributed by atoms with Crippen molar-refractivity contribution in [3.63, 3.8) is 0 Å². The van der Waals surface area contributed by atoms with Gasteiger partial charge < -0.3 is 5.73 Å². The second-order valence-electron chi connectivity index (χ2n) is 3.13. The second kappa shape index (κ2) is 3.52. The van der Waals surface area contributed by atoms with Crippen LogP contribution < -0.4 is 5.73 Å². The van der Waals surface area contributed by atoms with Crippen LogP contribution in [0.1, 0.15) is 38.1 Å². The van der Waals surface area contributed by atoms with Crippen molar-refractivity contribution in [3.05, 3.63) is 17.7 Å². The van der Waals surface area contributed by atoms with Crippen LogP contribution in [0.25, 0.3) is 0 Å². The minimum atomic E-state index is 0.373. The van der Waals surface area contributed by atoms with E-state index < -0.39 is 0 Å². The summed E-state index contributed by atoms with van der Waals surface area (Å²) in [6, 6.07) is 0. The van der Waals surface area contributed by atoms with Gasteiger partial charge in [0.25, 0.3) is 0 Å². The number of anilines is 1. The quantitative estimate of drug-likeness (QED) is 0.726. The highest BCUT2D eigenvalue weighted by Gasteiger charge is 2.08. The molecule has 3 nitrogen and oxygen atoms in total. The van der Waals surface area contributed by atoms with Crippen LogP contribution in [-0.4, -0.2) is 9.97 Å². The molecule has 66 valence electrons. The zero-order valence-corrected chi connectivity index (χ0v) is 7.83. The molecule has 0 spiro atoms. The van der Waals surface area contributed by atoms with Crippen molar-refractivity contribution in [1.29, 1.82) is 0 Å². The van der Waals surface area contributed by atoms with Crippen molar-refractivity contribution >= 4 is 5.69 Å². The number of hydrogen-bond acceptors (Lipinski definition) is 3. The van der Waals surface area contributed by atoms with E-state index in [1.807, 2.05) is 6.92 Å². The van der Waals surface area contributed by atoms with Crippen LogP contribution in [-0.2, 0) is 6.42 Å². The van der Waals surface area contributed by atoms with E-state index >= 15 is 0 Å². The van der Waals surface area contributed by atoms with E-state index in [0.29, 0.717) is 5.92 Å². The molecule has 0 atom stereocenters. The standard InChI is InChI=1S/C9H15N3/c1-4-7-8(10)9(6(2)3)12-5-11-7/h5-6H,4,10H2,1-3H3. The van der Waals surface area contributed by atoms with Crippen LogP contribution in [0.15, 0.2) is 6.33 Å². The highest BCUT2D eigenvalue weighted by molar-refractivity contribution is 5.48. The van der Waals surface area contributed by atoms with Gasteiger partial charge in [-0.25, -0.2) is 9.97 Å². The lowest BCUT2D eigenvalue weighted by Gasteiger charge is -2.09. The molecule has 0 aliphatic heterocycles. The second-order valence-corrected chi connectivity index (χ2v) is 3.13. The van der Waals surface area contributed by atoms with Gasteiger partial charge in [0, 0.05) is 0 Å². The van der Waals surface area contributed by atoms with Gasteiger partial charge in [0.2, 0.25) is 0 Å². The largest absolute Gasteiger partial charge is 0.396 e. The summed E-state index contributed by atoms with van der Waals surface area (Å²) in [6.45, 7) is 6.21. The van der Waals surface area contributed by atoms with Crippen LogP contribution >= 0.6 is 0 Å². The van der Waals surface area contributed by atoms with Gasteiger partial charge in [0.15, 0.2) is 0 Å². The van der Waals surface area contributed by atoms with Gasteiger partial charge in [-0.15, -0.1) is 0 Å². The predicted octanol–water partition coefficient (Wildman–Crippen LogP) is 1.74. The first-order valence-corrected chi connectivity index (χ1v) is 4.26. The summed E-state index contributed by atoms with van der Waals surface area (Å²) in [5.41, 5.74) is 8.54. The summed E-state index contributed by atoms with van der Waals surface area (Å²) in [5, 5.41) is 0. The summed E-state index contributed by atoms with van der Waals surface area (Å²) in [5.74, 6) is 0.373. The van der Waals surface area contributed by atoms with Gasteiger partial charge in [-0.2, -0.15) is 0 Å². The lowest BCUT2D eigenvalue weighted by Crippen LogP contribution is -2.05. The van der Waals surface area contributed by atoms with Gasteiger partial charge in [-0.3, -0.25) is 0 Å². The number of nitrogen functional groups attached to an aromatic ring is 1. The van der Waals surface area contributed by atoms with Crippen molar-refractivity contribution in [1.82, 2.24) is 9.97 Å². The fraction of sp³-hybridized carbons (Fsp3) is 0.556. The molecule has 1 heterocycles. The molecule has 0 radical (unpaired) electrons. The van der Waals surface area contributed by atoms with E-state index in [1.54, 1.807) is 6.33 Å². The van der Waals surface area contributed by atoms with E-state index in [4.69, 9.17) is 5.73 Å². The first-order chi connectivity index (χ1) is 5.66. The maximum Gasteiger partial charge on any atom is 0.116 e. The summed E-state index contributed by atoms with van der Waals surface area (Å²) in [6.07, 6.45) is 2.46. The summed E-state index contributed by atoms with van der Waals surface area (Å²) < 4.78 is 0. The summed E-state index contributed by atoms with van der Waals surface area (Å²) in [4.78, 5) is 8.25. The Hall–Kier alpha value is -1.12. The number of aryl methyl sites for hydroxylation is 1. The number of aromatic nitrogens is 2. The molecule has 3 heteroatoms.